The fourth-order valence-electron chi connectivity index (χ4n) is 1.48. The first kappa shape index (κ1) is 11.3. The molecule has 0 saturated heterocycles. The molecule has 0 fully saturated rings. The highest BCUT2D eigenvalue weighted by Gasteiger charge is 2.08. The fraction of sp³-hybridized carbons (Fsp3) is 0.0833. The second-order valence-electron chi connectivity index (χ2n) is 3.54. The second kappa shape index (κ2) is 4.36. The number of carbonyl (C=O) groups excluding carboxylic acids is 1. The van der Waals surface area contributed by atoms with Gasteiger partial charge in [-0.15, -0.1) is 11.3 Å². The van der Waals surface area contributed by atoms with Gasteiger partial charge in [-0.3, -0.25) is 9.59 Å². The van der Waals surface area contributed by atoms with E-state index in [1.807, 2.05) is 19.1 Å². The van der Waals surface area contributed by atoms with Crippen molar-refractivity contribution in [2.24, 2.45) is 0 Å². The van der Waals surface area contributed by atoms with Crippen LogP contribution in [0.2, 0.25) is 0 Å². The number of nitrogens with one attached hydrogen (secondary N) is 1. The minimum Gasteiger partial charge on any atom is -0.309 e. The fourth-order valence-corrected chi connectivity index (χ4v) is 2.32. The van der Waals surface area contributed by atoms with Gasteiger partial charge in [-0.2, -0.15) is 5.26 Å². The first-order valence-corrected chi connectivity index (χ1v) is 5.73. The van der Waals surface area contributed by atoms with Crippen molar-refractivity contribution in [3.8, 4) is 6.07 Å². The second-order valence-corrected chi connectivity index (χ2v) is 4.46. The number of aryl methyl sites for hydroxylation is 1. The molecule has 1 heterocycles. The number of anilines is 1. The number of nitrogens with zero attached hydrogens (tertiary/aromatic N) is 1. The van der Waals surface area contributed by atoms with E-state index in [2.05, 4.69) is 5.32 Å². The van der Waals surface area contributed by atoms with Gasteiger partial charge in [0.2, 0.25) is 5.43 Å². The first-order chi connectivity index (χ1) is 8.11. The molecular weight excluding hydrogens is 236 g/mol. The van der Waals surface area contributed by atoms with Gasteiger partial charge in [0, 0.05) is 15.5 Å². The van der Waals surface area contributed by atoms with Crippen molar-refractivity contribution in [3.63, 3.8) is 0 Å². The molecule has 0 radical (unpaired) electrons. The van der Waals surface area contributed by atoms with Gasteiger partial charge >= 0.3 is 5.91 Å². The summed E-state index contributed by atoms with van der Waals surface area (Å²) in [7, 11) is 0. The summed E-state index contributed by atoms with van der Waals surface area (Å²) >= 11 is 1.35. The zero-order valence-electron chi connectivity index (χ0n) is 8.98. The Morgan fingerprint density at radius 2 is 2.24 bits per heavy atom. The van der Waals surface area contributed by atoms with Crippen LogP contribution in [0, 0.1) is 18.3 Å². The van der Waals surface area contributed by atoms with E-state index in [0.29, 0.717) is 5.39 Å². The summed E-state index contributed by atoms with van der Waals surface area (Å²) in [5.41, 5.74) is 0.872. The molecule has 1 aromatic heterocycles. The van der Waals surface area contributed by atoms with Crippen LogP contribution < -0.4 is 10.7 Å². The molecule has 0 atom stereocenters. The third-order valence-corrected chi connectivity index (χ3v) is 3.24. The largest absolute Gasteiger partial charge is 0.326 e. The van der Waals surface area contributed by atoms with E-state index in [1.165, 1.54) is 17.4 Å². The third-order valence-electron chi connectivity index (χ3n) is 2.28. The average molecular weight is 244 g/mol. The Kier molecular flexibility index (Phi) is 2.90. The quantitative estimate of drug-likeness (QED) is 0.780. The Morgan fingerprint density at radius 3 is 2.94 bits per heavy atom. The number of nitriles is 1. The molecule has 84 valence electrons. The van der Waals surface area contributed by atoms with Crippen molar-refractivity contribution in [3.05, 3.63) is 39.4 Å². The predicted octanol–water partition coefficient (Wildman–Crippen LogP) is 2.03. The Balaban J connectivity index is 2.61. The van der Waals surface area contributed by atoms with Crippen LogP contribution in [0.4, 0.5) is 5.69 Å². The number of carbonyl (C=O) groups is 1. The Hall–Kier alpha value is -2.19. The van der Waals surface area contributed by atoms with Crippen LogP contribution in [0.25, 0.3) is 10.1 Å². The van der Waals surface area contributed by atoms with Gasteiger partial charge in [-0.1, -0.05) is 11.6 Å². The summed E-state index contributed by atoms with van der Waals surface area (Å²) in [6, 6.07) is 6.98. The van der Waals surface area contributed by atoms with Crippen LogP contribution >= 0.6 is 11.3 Å². The molecule has 4 nitrogen and oxygen atoms in total. The SMILES string of the molecule is Cc1ccc2scc(NC(=O)C#N)c(=O)c2c1. The molecule has 0 aliphatic heterocycles. The lowest BCUT2D eigenvalue weighted by molar-refractivity contribution is -0.111. The first-order valence-electron chi connectivity index (χ1n) is 4.85. The molecule has 0 aliphatic carbocycles. The smallest absolute Gasteiger partial charge is 0.309 e. The average Bonchev–Trinajstić information content (AvgIpc) is 2.33. The monoisotopic (exact) mass is 244 g/mol. The summed E-state index contributed by atoms with van der Waals surface area (Å²) in [6.45, 7) is 1.89. The molecule has 1 N–H and O–H groups in total. The van der Waals surface area contributed by atoms with Gasteiger partial charge in [0.05, 0.1) is 0 Å². The molecule has 1 aromatic carbocycles. The van der Waals surface area contributed by atoms with Gasteiger partial charge in [0.1, 0.15) is 5.69 Å². The molecule has 0 spiro atoms. The molecule has 0 saturated carbocycles. The molecule has 2 aromatic rings. The van der Waals surface area contributed by atoms with Crippen molar-refractivity contribution < 1.29 is 4.79 Å². The van der Waals surface area contributed by atoms with Crippen LogP contribution in [0.5, 0.6) is 0 Å². The van der Waals surface area contributed by atoms with Gasteiger partial charge in [-0.05, 0) is 19.1 Å². The summed E-state index contributed by atoms with van der Waals surface area (Å²) in [5, 5.41) is 12.8. The maximum absolute atomic E-state index is 12.0. The summed E-state index contributed by atoms with van der Waals surface area (Å²) < 4.78 is 0.857. The van der Waals surface area contributed by atoms with Crippen molar-refractivity contribution in [1.82, 2.24) is 0 Å². The molecule has 0 bridgehead atoms. The van der Waals surface area contributed by atoms with Gasteiger partial charge in [0.15, 0.2) is 6.07 Å². The van der Waals surface area contributed by atoms with E-state index in [-0.39, 0.29) is 11.1 Å². The van der Waals surface area contributed by atoms with E-state index in [1.54, 1.807) is 11.4 Å². The van der Waals surface area contributed by atoms with Crippen molar-refractivity contribution in [2.45, 2.75) is 6.92 Å². The highest BCUT2D eigenvalue weighted by atomic mass is 32.1. The van der Waals surface area contributed by atoms with Gasteiger partial charge in [-0.25, -0.2) is 0 Å². The van der Waals surface area contributed by atoms with Crippen LogP contribution in [0.1, 0.15) is 5.56 Å². The minimum atomic E-state index is -0.832. The van der Waals surface area contributed by atoms with E-state index in [0.717, 1.165) is 10.3 Å². The summed E-state index contributed by atoms with van der Waals surface area (Å²) in [4.78, 5) is 22.9. The summed E-state index contributed by atoms with van der Waals surface area (Å²) in [6.07, 6.45) is 0. The molecule has 0 aliphatic rings. The lowest BCUT2D eigenvalue weighted by Gasteiger charge is -2.02. The van der Waals surface area contributed by atoms with Crippen molar-refractivity contribution >= 4 is 33.0 Å². The highest BCUT2D eigenvalue weighted by Crippen LogP contribution is 2.20. The normalized spacial score (nSPS) is 9.88. The van der Waals surface area contributed by atoms with Crippen molar-refractivity contribution in [1.29, 1.82) is 5.26 Å². The van der Waals surface area contributed by atoms with E-state index < -0.39 is 5.91 Å². The lowest BCUT2D eigenvalue weighted by atomic mass is 10.2. The zero-order chi connectivity index (χ0) is 12.4. The molecule has 17 heavy (non-hydrogen) atoms. The van der Waals surface area contributed by atoms with Crippen LogP contribution in [0.15, 0.2) is 28.4 Å². The Morgan fingerprint density at radius 1 is 1.47 bits per heavy atom. The number of benzene rings is 1. The number of amides is 1. The standard InChI is InChI=1S/C12H8N2O2S/c1-7-2-3-10-8(4-7)12(16)9(6-17-10)14-11(15)5-13/h2-4,6H,1H3,(H,14,15). The molecule has 1 amide bonds. The maximum atomic E-state index is 12.0. The van der Waals surface area contributed by atoms with Crippen LogP contribution in [-0.2, 0) is 4.79 Å². The minimum absolute atomic E-state index is 0.152. The van der Waals surface area contributed by atoms with Gasteiger partial charge in [0.25, 0.3) is 0 Å². The number of fused-ring (bicyclic) bond motifs is 1. The topological polar surface area (TPSA) is 70.0 Å². The number of rotatable bonds is 1. The van der Waals surface area contributed by atoms with E-state index in [9.17, 15) is 9.59 Å². The zero-order valence-corrected chi connectivity index (χ0v) is 9.80. The predicted molar refractivity (Wildman–Crippen MR) is 67.1 cm³/mol. The Bertz CT molecular complexity index is 698. The maximum Gasteiger partial charge on any atom is 0.326 e. The van der Waals surface area contributed by atoms with Crippen LogP contribution in [0.3, 0.4) is 0 Å². The third kappa shape index (κ3) is 2.17. The number of hydrogen-bond acceptors (Lipinski definition) is 4. The Labute approximate surface area is 101 Å². The molecule has 5 heteroatoms. The molecule has 0 unspecified atom stereocenters. The van der Waals surface area contributed by atoms with E-state index in [4.69, 9.17) is 5.26 Å². The summed E-state index contributed by atoms with van der Waals surface area (Å²) in [5.74, 6) is -0.832. The van der Waals surface area contributed by atoms with E-state index >= 15 is 0 Å². The molecule has 2 rings (SSSR count). The van der Waals surface area contributed by atoms with Crippen LogP contribution in [-0.4, -0.2) is 5.91 Å². The number of hydrogen-bond donors (Lipinski definition) is 1. The molecular formula is C12H8N2O2S. The van der Waals surface area contributed by atoms with Crippen molar-refractivity contribution in [2.75, 3.05) is 5.32 Å². The lowest BCUT2D eigenvalue weighted by Crippen LogP contribution is -2.15. The van der Waals surface area contributed by atoms with Gasteiger partial charge < -0.3 is 5.32 Å². The highest BCUT2D eigenvalue weighted by molar-refractivity contribution is 7.16.